The Morgan fingerprint density at radius 3 is 3.00 bits per heavy atom. The highest BCUT2D eigenvalue weighted by molar-refractivity contribution is 6.04. The highest BCUT2D eigenvalue weighted by Gasteiger charge is 2.15. The van der Waals surface area contributed by atoms with E-state index in [9.17, 15) is 4.79 Å². The summed E-state index contributed by atoms with van der Waals surface area (Å²) in [6.45, 7) is 4.11. The smallest absolute Gasteiger partial charge is 0.272 e. The predicted molar refractivity (Wildman–Crippen MR) is 67.9 cm³/mol. The van der Waals surface area contributed by atoms with E-state index in [1.54, 1.807) is 0 Å². The average molecular weight is 231 g/mol. The number of carbonyl (C=O) groups excluding carboxylic acids is 1. The first-order valence-electron chi connectivity index (χ1n) is 5.96. The van der Waals surface area contributed by atoms with E-state index in [4.69, 9.17) is 0 Å². The fourth-order valence-electron chi connectivity index (χ4n) is 1.93. The van der Waals surface area contributed by atoms with Crippen molar-refractivity contribution >= 4 is 16.8 Å². The second-order valence-corrected chi connectivity index (χ2v) is 4.28. The number of benzene rings is 1. The van der Waals surface area contributed by atoms with E-state index in [2.05, 4.69) is 22.4 Å². The number of rotatable bonds is 4. The zero-order valence-electron chi connectivity index (χ0n) is 10.2. The van der Waals surface area contributed by atoms with Crippen LogP contribution in [0.4, 0.5) is 0 Å². The Bertz CT molecular complexity index is 518. The summed E-state index contributed by atoms with van der Waals surface area (Å²) >= 11 is 0. The summed E-state index contributed by atoms with van der Waals surface area (Å²) in [6, 6.07) is 7.82. The Kier molecular flexibility index (Phi) is 3.42. The van der Waals surface area contributed by atoms with E-state index in [0.717, 1.165) is 23.7 Å². The van der Waals surface area contributed by atoms with Gasteiger partial charge in [-0.05, 0) is 19.4 Å². The van der Waals surface area contributed by atoms with Gasteiger partial charge in [0.15, 0.2) is 5.69 Å². The van der Waals surface area contributed by atoms with Gasteiger partial charge in [-0.2, -0.15) is 5.10 Å². The van der Waals surface area contributed by atoms with Crippen molar-refractivity contribution in [3.63, 3.8) is 0 Å². The molecule has 0 bridgehead atoms. The molecular weight excluding hydrogens is 214 g/mol. The summed E-state index contributed by atoms with van der Waals surface area (Å²) in [6.07, 6.45) is 2.04. The van der Waals surface area contributed by atoms with E-state index in [1.165, 1.54) is 0 Å². The fourth-order valence-corrected chi connectivity index (χ4v) is 1.93. The summed E-state index contributed by atoms with van der Waals surface area (Å²) in [5.41, 5.74) is 1.37. The second kappa shape index (κ2) is 4.99. The molecule has 17 heavy (non-hydrogen) atoms. The van der Waals surface area contributed by atoms with Crippen molar-refractivity contribution in [1.29, 1.82) is 0 Å². The minimum Gasteiger partial charge on any atom is -0.348 e. The molecule has 1 amide bonds. The molecule has 0 saturated heterocycles. The first-order valence-corrected chi connectivity index (χ1v) is 5.96. The van der Waals surface area contributed by atoms with Gasteiger partial charge < -0.3 is 5.32 Å². The Morgan fingerprint density at radius 1 is 1.47 bits per heavy atom. The topological polar surface area (TPSA) is 57.8 Å². The molecule has 0 saturated carbocycles. The van der Waals surface area contributed by atoms with E-state index in [0.29, 0.717) is 5.69 Å². The quantitative estimate of drug-likeness (QED) is 0.849. The fraction of sp³-hybridized carbons (Fsp3) is 0.385. The molecule has 90 valence electrons. The molecule has 0 spiro atoms. The van der Waals surface area contributed by atoms with Crippen molar-refractivity contribution in [1.82, 2.24) is 15.5 Å². The molecule has 2 N–H and O–H groups in total. The van der Waals surface area contributed by atoms with E-state index >= 15 is 0 Å². The number of para-hydroxylation sites is 1. The van der Waals surface area contributed by atoms with Crippen molar-refractivity contribution < 1.29 is 4.79 Å². The maximum atomic E-state index is 12.0. The third kappa shape index (κ3) is 2.46. The van der Waals surface area contributed by atoms with Crippen LogP contribution in [0.5, 0.6) is 0 Å². The molecule has 0 fully saturated rings. The highest BCUT2D eigenvalue weighted by Crippen LogP contribution is 2.15. The summed E-state index contributed by atoms with van der Waals surface area (Å²) in [4.78, 5) is 12.0. The lowest BCUT2D eigenvalue weighted by molar-refractivity contribution is 0.0935. The number of carbonyl (C=O) groups is 1. The minimum absolute atomic E-state index is 0.108. The first-order chi connectivity index (χ1) is 8.22. The molecule has 0 aliphatic heterocycles. The molecule has 1 heterocycles. The van der Waals surface area contributed by atoms with Gasteiger partial charge in [0, 0.05) is 11.4 Å². The number of aromatic amines is 1. The third-order valence-electron chi connectivity index (χ3n) is 2.78. The number of hydrogen-bond donors (Lipinski definition) is 2. The van der Waals surface area contributed by atoms with Crippen molar-refractivity contribution in [3.05, 3.63) is 30.0 Å². The maximum absolute atomic E-state index is 12.0. The molecule has 4 heteroatoms. The molecule has 4 nitrogen and oxygen atoms in total. The van der Waals surface area contributed by atoms with Crippen LogP contribution in [0.15, 0.2) is 24.3 Å². The summed E-state index contributed by atoms with van der Waals surface area (Å²) in [5, 5.41) is 10.8. The molecule has 2 rings (SSSR count). The van der Waals surface area contributed by atoms with Gasteiger partial charge in [0.05, 0.1) is 5.52 Å². The second-order valence-electron chi connectivity index (χ2n) is 4.28. The molecular formula is C13H17N3O. The van der Waals surface area contributed by atoms with Crippen LogP contribution < -0.4 is 5.32 Å². The van der Waals surface area contributed by atoms with Gasteiger partial charge >= 0.3 is 0 Å². The standard InChI is InChI=1S/C13H17N3O/c1-3-6-9(2)14-13(17)12-10-7-4-5-8-11(10)15-16-12/h4-5,7-9H,3,6H2,1-2H3,(H,14,17)(H,15,16)/t9-/m0/s1. The van der Waals surface area contributed by atoms with E-state index < -0.39 is 0 Å². The number of nitrogens with zero attached hydrogens (tertiary/aromatic N) is 1. The molecule has 2 aromatic rings. The van der Waals surface area contributed by atoms with Crippen LogP contribution in [0, 0.1) is 0 Å². The highest BCUT2D eigenvalue weighted by atomic mass is 16.2. The number of amides is 1. The van der Waals surface area contributed by atoms with Crippen molar-refractivity contribution in [2.45, 2.75) is 32.7 Å². The molecule has 0 radical (unpaired) electrons. The van der Waals surface area contributed by atoms with Crippen molar-refractivity contribution in [3.8, 4) is 0 Å². The Balaban J connectivity index is 2.19. The van der Waals surface area contributed by atoms with Crippen LogP contribution >= 0.6 is 0 Å². The zero-order valence-corrected chi connectivity index (χ0v) is 10.2. The maximum Gasteiger partial charge on any atom is 0.272 e. The summed E-state index contributed by atoms with van der Waals surface area (Å²) in [7, 11) is 0. The average Bonchev–Trinajstić information content (AvgIpc) is 2.72. The molecule has 0 aliphatic rings. The molecule has 0 unspecified atom stereocenters. The lowest BCUT2D eigenvalue weighted by Gasteiger charge is -2.11. The first kappa shape index (κ1) is 11.6. The van der Waals surface area contributed by atoms with Gasteiger partial charge in [-0.1, -0.05) is 31.5 Å². The molecule has 1 aromatic heterocycles. The largest absolute Gasteiger partial charge is 0.348 e. The molecule has 0 aliphatic carbocycles. The Labute approximate surface area is 100 Å². The van der Waals surface area contributed by atoms with Gasteiger partial charge in [-0.3, -0.25) is 9.89 Å². The Morgan fingerprint density at radius 2 is 2.24 bits per heavy atom. The normalized spacial score (nSPS) is 12.6. The summed E-state index contributed by atoms with van der Waals surface area (Å²) in [5.74, 6) is -0.108. The van der Waals surface area contributed by atoms with E-state index in [-0.39, 0.29) is 11.9 Å². The van der Waals surface area contributed by atoms with Crippen LogP contribution in [-0.4, -0.2) is 22.1 Å². The van der Waals surface area contributed by atoms with Gasteiger partial charge in [0.25, 0.3) is 5.91 Å². The number of hydrogen-bond acceptors (Lipinski definition) is 2. The van der Waals surface area contributed by atoms with Gasteiger partial charge in [0.2, 0.25) is 0 Å². The SMILES string of the molecule is CCC[C@H](C)NC(=O)c1n[nH]c2ccccc12. The van der Waals surface area contributed by atoms with Crippen LogP contribution in [0.2, 0.25) is 0 Å². The van der Waals surface area contributed by atoms with Crippen LogP contribution in [0.25, 0.3) is 10.9 Å². The Hall–Kier alpha value is -1.84. The minimum atomic E-state index is -0.108. The predicted octanol–water partition coefficient (Wildman–Crippen LogP) is 2.48. The van der Waals surface area contributed by atoms with Crippen molar-refractivity contribution in [2.75, 3.05) is 0 Å². The lowest BCUT2D eigenvalue weighted by atomic mass is 10.1. The summed E-state index contributed by atoms with van der Waals surface area (Å²) < 4.78 is 0. The van der Waals surface area contributed by atoms with Crippen LogP contribution in [0.1, 0.15) is 37.2 Å². The molecule has 1 atom stereocenters. The number of fused-ring (bicyclic) bond motifs is 1. The van der Waals surface area contributed by atoms with Crippen LogP contribution in [0.3, 0.4) is 0 Å². The monoisotopic (exact) mass is 231 g/mol. The number of H-pyrrole nitrogens is 1. The number of nitrogens with one attached hydrogen (secondary N) is 2. The number of aromatic nitrogens is 2. The van der Waals surface area contributed by atoms with E-state index in [1.807, 2.05) is 31.2 Å². The van der Waals surface area contributed by atoms with Crippen LogP contribution in [-0.2, 0) is 0 Å². The van der Waals surface area contributed by atoms with Gasteiger partial charge in [0.1, 0.15) is 0 Å². The third-order valence-corrected chi connectivity index (χ3v) is 2.78. The van der Waals surface area contributed by atoms with Gasteiger partial charge in [-0.15, -0.1) is 0 Å². The van der Waals surface area contributed by atoms with Gasteiger partial charge in [-0.25, -0.2) is 0 Å². The zero-order chi connectivity index (χ0) is 12.3. The molecule has 1 aromatic carbocycles. The van der Waals surface area contributed by atoms with Crippen molar-refractivity contribution in [2.24, 2.45) is 0 Å². The lowest BCUT2D eigenvalue weighted by Crippen LogP contribution is -2.32.